The smallest absolute Gasteiger partial charge is 0.335 e. The van der Waals surface area contributed by atoms with Crippen LogP contribution in [0.15, 0.2) is 24.5 Å². The van der Waals surface area contributed by atoms with Crippen LogP contribution in [0.1, 0.15) is 13.8 Å². The normalized spacial score (nSPS) is 10.9. The Balaban J connectivity index is 3.51. The van der Waals surface area contributed by atoms with E-state index in [-0.39, 0.29) is 5.97 Å². The number of esters is 1. The molecule has 2 nitrogen and oxygen atoms in total. The molecule has 0 spiro atoms. The second-order valence-corrected chi connectivity index (χ2v) is 1.41. The van der Waals surface area contributed by atoms with Crippen LogP contribution in [-0.2, 0) is 9.53 Å². The molecule has 0 amide bonds. The summed E-state index contributed by atoms with van der Waals surface area (Å²) >= 11 is 0. The van der Waals surface area contributed by atoms with Gasteiger partial charge in [0, 0.05) is 6.08 Å². The second-order valence-electron chi connectivity index (χ2n) is 1.41. The number of rotatable bonds is 2. The summed E-state index contributed by atoms with van der Waals surface area (Å²) < 4.78 is 4.53. The molecule has 0 aliphatic heterocycles. The maximum Gasteiger partial charge on any atom is 0.335 e. The molecular formula is C7H10O2. The van der Waals surface area contributed by atoms with Crippen molar-refractivity contribution in [1.82, 2.24) is 0 Å². The lowest BCUT2D eigenvalue weighted by Gasteiger charge is -1.88. The van der Waals surface area contributed by atoms with Crippen LogP contribution < -0.4 is 0 Å². The molecule has 0 radical (unpaired) electrons. The van der Waals surface area contributed by atoms with Crippen molar-refractivity contribution in [2.45, 2.75) is 13.8 Å². The van der Waals surface area contributed by atoms with E-state index in [0.717, 1.165) is 0 Å². The van der Waals surface area contributed by atoms with Gasteiger partial charge in [0.15, 0.2) is 0 Å². The van der Waals surface area contributed by atoms with Crippen LogP contribution in [0.4, 0.5) is 0 Å². The van der Waals surface area contributed by atoms with E-state index in [9.17, 15) is 4.79 Å². The van der Waals surface area contributed by atoms with E-state index >= 15 is 0 Å². The van der Waals surface area contributed by atoms with Crippen molar-refractivity contribution in [3.8, 4) is 0 Å². The topological polar surface area (TPSA) is 26.3 Å². The zero-order valence-corrected chi connectivity index (χ0v) is 5.63. The van der Waals surface area contributed by atoms with Gasteiger partial charge in [-0.25, -0.2) is 4.79 Å². The van der Waals surface area contributed by atoms with Gasteiger partial charge >= 0.3 is 5.97 Å². The fourth-order valence-electron chi connectivity index (χ4n) is 0.310. The van der Waals surface area contributed by atoms with Crippen LogP contribution in [0.3, 0.4) is 0 Å². The van der Waals surface area contributed by atoms with Gasteiger partial charge in [0.1, 0.15) is 0 Å². The average molecular weight is 126 g/mol. The highest BCUT2D eigenvalue weighted by Crippen LogP contribution is 1.81. The molecule has 0 N–H and O–H groups in total. The van der Waals surface area contributed by atoms with Gasteiger partial charge in [-0.05, 0) is 13.8 Å². The zero-order valence-electron chi connectivity index (χ0n) is 5.63. The minimum absolute atomic E-state index is 0.337. The Hall–Kier alpha value is -1.05. The maximum atomic E-state index is 10.4. The minimum atomic E-state index is -0.337. The Labute approximate surface area is 54.8 Å². The molecule has 0 aliphatic carbocycles. The number of hydrogen-bond donors (Lipinski definition) is 0. The highest BCUT2D eigenvalue weighted by atomic mass is 16.5. The monoisotopic (exact) mass is 126 g/mol. The van der Waals surface area contributed by atoms with Crippen molar-refractivity contribution in [1.29, 1.82) is 0 Å². The summed E-state index contributed by atoms with van der Waals surface area (Å²) in [4.78, 5) is 10.4. The summed E-state index contributed by atoms with van der Waals surface area (Å²) in [5.41, 5.74) is 0. The van der Waals surface area contributed by atoms with Gasteiger partial charge in [-0.2, -0.15) is 0 Å². The first kappa shape index (κ1) is 7.95. The standard InChI is InChI=1S/C7H10O2/c1-3-5-7(8)9-6-4-2/h3-6H,1-2H3. The van der Waals surface area contributed by atoms with Gasteiger partial charge in [-0.3, -0.25) is 0 Å². The molecule has 0 saturated carbocycles. The summed E-state index contributed by atoms with van der Waals surface area (Å²) in [5.74, 6) is -0.337. The highest BCUT2D eigenvalue weighted by Gasteiger charge is 1.87. The molecule has 0 unspecified atom stereocenters. The Kier molecular flexibility index (Phi) is 4.50. The quantitative estimate of drug-likeness (QED) is 0.319. The molecule has 2 heteroatoms. The first-order valence-electron chi connectivity index (χ1n) is 2.75. The maximum absolute atomic E-state index is 10.4. The van der Waals surface area contributed by atoms with Crippen LogP contribution in [0.5, 0.6) is 0 Å². The summed E-state index contributed by atoms with van der Waals surface area (Å²) in [6.45, 7) is 3.54. The summed E-state index contributed by atoms with van der Waals surface area (Å²) in [6.07, 6.45) is 6.00. The third kappa shape index (κ3) is 4.81. The second kappa shape index (κ2) is 5.09. The highest BCUT2D eigenvalue weighted by molar-refractivity contribution is 5.82. The van der Waals surface area contributed by atoms with E-state index in [0.29, 0.717) is 0 Å². The van der Waals surface area contributed by atoms with Crippen molar-refractivity contribution < 1.29 is 9.53 Å². The molecule has 50 valence electrons. The predicted molar refractivity (Wildman–Crippen MR) is 35.7 cm³/mol. The molecule has 0 aromatic carbocycles. The molecule has 0 aromatic rings. The Morgan fingerprint density at radius 1 is 1.33 bits per heavy atom. The molecule has 0 bridgehead atoms. The first-order valence-corrected chi connectivity index (χ1v) is 2.75. The number of ether oxygens (including phenoxy) is 1. The Morgan fingerprint density at radius 2 is 2.00 bits per heavy atom. The van der Waals surface area contributed by atoms with Crippen molar-refractivity contribution in [2.24, 2.45) is 0 Å². The van der Waals surface area contributed by atoms with Crippen molar-refractivity contribution in [3.05, 3.63) is 24.5 Å². The van der Waals surface area contributed by atoms with E-state index in [2.05, 4.69) is 4.74 Å². The van der Waals surface area contributed by atoms with E-state index in [1.807, 2.05) is 0 Å². The van der Waals surface area contributed by atoms with E-state index in [1.165, 1.54) is 12.3 Å². The lowest BCUT2D eigenvalue weighted by atomic mass is 10.5. The predicted octanol–water partition coefficient (Wildman–Crippen LogP) is 1.64. The average Bonchev–Trinajstić information content (AvgIpc) is 1.85. The molecule has 0 fully saturated rings. The van der Waals surface area contributed by atoms with E-state index < -0.39 is 0 Å². The molecule has 0 atom stereocenters. The summed E-state index contributed by atoms with van der Waals surface area (Å²) in [7, 11) is 0. The van der Waals surface area contributed by atoms with Gasteiger partial charge < -0.3 is 4.74 Å². The van der Waals surface area contributed by atoms with Gasteiger partial charge in [0.25, 0.3) is 0 Å². The van der Waals surface area contributed by atoms with Gasteiger partial charge in [0.2, 0.25) is 0 Å². The zero-order chi connectivity index (χ0) is 7.11. The third-order valence-electron chi connectivity index (χ3n) is 0.623. The molecule has 0 aliphatic rings. The largest absolute Gasteiger partial charge is 0.432 e. The first-order chi connectivity index (χ1) is 4.31. The van der Waals surface area contributed by atoms with Crippen LogP contribution in [0, 0.1) is 0 Å². The number of hydrogen-bond acceptors (Lipinski definition) is 2. The van der Waals surface area contributed by atoms with Crippen LogP contribution in [0.2, 0.25) is 0 Å². The van der Waals surface area contributed by atoms with Gasteiger partial charge in [0.05, 0.1) is 6.26 Å². The molecule has 0 rings (SSSR count). The molecule has 0 saturated heterocycles. The fourth-order valence-corrected chi connectivity index (χ4v) is 0.310. The third-order valence-corrected chi connectivity index (χ3v) is 0.623. The SMILES string of the molecule is CC=COC(=O)C=CC. The van der Waals surface area contributed by atoms with Gasteiger partial charge in [-0.15, -0.1) is 0 Å². The number of allylic oxidation sites excluding steroid dienone is 2. The lowest BCUT2D eigenvalue weighted by molar-refractivity contribution is -0.132. The van der Waals surface area contributed by atoms with Crippen molar-refractivity contribution in [3.63, 3.8) is 0 Å². The molecule has 0 aromatic heterocycles. The molecular weight excluding hydrogens is 116 g/mol. The molecule has 0 heterocycles. The number of carbonyl (C=O) groups excluding carboxylic acids is 1. The summed E-state index contributed by atoms with van der Waals surface area (Å²) in [6, 6.07) is 0. The van der Waals surface area contributed by atoms with Gasteiger partial charge in [-0.1, -0.05) is 12.2 Å². The Bertz CT molecular complexity index is 134. The van der Waals surface area contributed by atoms with E-state index in [1.54, 1.807) is 26.0 Å². The Morgan fingerprint density at radius 3 is 2.44 bits per heavy atom. The summed E-state index contributed by atoms with van der Waals surface area (Å²) in [5, 5.41) is 0. The van der Waals surface area contributed by atoms with Crippen LogP contribution >= 0.6 is 0 Å². The molecule has 9 heavy (non-hydrogen) atoms. The van der Waals surface area contributed by atoms with E-state index in [4.69, 9.17) is 0 Å². The lowest BCUT2D eigenvalue weighted by Crippen LogP contribution is -1.91. The van der Waals surface area contributed by atoms with Crippen LogP contribution in [0.25, 0.3) is 0 Å². The fraction of sp³-hybridized carbons (Fsp3) is 0.286. The van der Waals surface area contributed by atoms with Crippen LogP contribution in [-0.4, -0.2) is 5.97 Å². The number of carbonyl (C=O) groups is 1. The van der Waals surface area contributed by atoms with Crippen molar-refractivity contribution in [2.75, 3.05) is 0 Å². The minimum Gasteiger partial charge on any atom is -0.432 e. The van der Waals surface area contributed by atoms with Crippen molar-refractivity contribution >= 4 is 5.97 Å².